The predicted molar refractivity (Wildman–Crippen MR) is 197 cm³/mol. The minimum absolute atomic E-state index is 0.00508. The van der Waals surface area contributed by atoms with Crippen LogP contribution in [0.4, 0.5) is 5.69 Å². The van der Waals surface area contributed by atoms with Crippen LogP contribution in [0.3, 0.4) is 0 Å². The number of sulfonamides is 1. The number of nitrogens with one attached hydrogen (secondary N) is 1. The van der Waals surface area contributed by atoms with Crippen molar-refractivity contribution in [1.29, 1.82) is 0 Å². The fraction of sp³-hybridized carbons (Fsp3) is 0.333. The van der Waals surface area contributed by atoms with Gasteiger partial charge in [0.05, 0.1) is 22.2 Å². The largest absolute Gasteiger partial charge is 0.496 e. The second kappa shape index (κ2) is 16.5. The van der Waals surface area contributed by atoms with Crippen LogP contribution in [0.1, 0.15) is 54.4 Å². The second-order valence-corrected chi connectivity index (χ2v) is 15.4. The van der Waals surface area contributed by atoms with Crippen molar-refractivity contribution in [3.8, 4) is 5.75 Å². The highest BCUT2D eigenvalue weighted by Gasteiger charge is 2.35. The molecule has 0 aromatic heterocycles. The Kier molecular flexibility index (Phi) is 12.2. The van der Waals surface area contributed by atoms with E-state index in [2.05, 4.69) is 21.2 Å². The van der Waals surface area contributed by atoms with Crippen molar-refractivity contribution in [2.45, 2.75) is 75.9 Å². The van der Waals surface area contributed by atoms with Crippen molar-refractivity contribution in [2.75, 3.05) is 18.0 Å². The molecule has 0 bridgehead atoms. The third kappa shape index (κ3) is 9.30. The van der Waals surface area contributed by atoms with Crippen LogP contribution in [0.5, 0.6) is 5.75 Å². The monoisotopic (exact) mass is 745 g/mol. The third-order valence-corrected chi connectivity index (χ3v) is 11.4. The minimum atomic E-state index is -4.25. The zero-order valence-electron chi connectivity index (χ0n) is 28.3. The quantitative estimate of drug-likeness (QED) is 0.154. The summed E-state index contributed by atoms with van der Waals surface area (Å²) in [5.74, 6) is -0.244. The lowest BCUT2D eigenvalue weighted by molar-refractivity contribution is -0.140. The van der Waals surface area contributed by atoms with Gasteiger partial charge in [0.15, 0.2) is 0 Å². The van der Waals surface area contributed by atoms with Gasteiger partial charge in [0.1, 0.15) is 18.3 Å². The van der Waals surface area contributed by atoms with Gasteiger partial charge in [-0.15, -0.1) is 0 Å². The number of halogens is 1. The maximum atomic E-state index is 14.7. The van der Waals surface area contributed by atoms with Crippen molar-refractivity contribution >= 4 is 43.5 Å². The topological polar surface area (TPSA) is 96.0 Å². The van der Waals surface area contributed by atoms with Crippen LogP contribution in [0.2, 0.25) is 0 Å². The van der Waals surface area contributed by atoms with Crippen molar-refractivity contribution in [3.05, 3.63) is 124 Å². The van der Waals surface area contributed by atoms with Gasteiger partial charge in [0, 0.05) is 19.0 Å². The molecule has 0 spiro atoms. The highest BCUT2D eigenvalue weighted by molar-refractivity contribution is 9.10. The van der Waals surface area contributed by atoms with E-state index in [4.69, 9.17) is 4.74 Å². The number of ether oxygens (including phenoxy) is 1. The molecule has 4 aromatic carbocycles. The number of amides is 2. The molecule has 1 saturated carbocycles. The number of hydrogen-bond donors (Lipinski definition) is 1. The molecule has 1 fully saturated rings. The molecule has 0 saturated heterocycles. The molecule has 0 heterocycles. The maximum absolute atomic E-state index is 14.7. The first-order valence-corrected chi connectivity index (χ1v) is 18.9. The average molecular weight is 747 g/mol. The molecule has 258 valence electrons. The Morgan fingerprint density at radius 2 is 1.49 bits per heavy atom. The van der Waals surface area contributed by atoms with Gasteiger partial charge in [-0.25, -0.2) is 8.42 Å². The van der Waals surface area contributed by atoms with E-state index in [0.717, 1.165) is 58.7 Å². The lowest BCUT2D eigenvalue weighted by Crippen LogP contribution is -2.55. The summed E-state index contributed by atoms with van der Waals surface area (Å²) >= 11 is 3.41. The molecule has 0 radical (unpaired) electrons. The highest BCUT2D eigenvalue weighted by atomic mass is 79.9. The molecule has 5 rings (SSSR count). The molecule has 0 aliphatic heterocycles. The minimum Gasteiger partial charge on any atom is -0.496 e. The first-order valence-electron chi connectivity index (χ1n) is 16.7. The molecule has 1 atom stereocenters. The van der Waals surface area contributed by atoms with Gasteiger partial charge in [0.2, 0.25) is 11.8 Å². The summed E-state index contributed by atoms with van der Waals surface area (Å²) in [5, 5.41) is 3.25. The predicted octanol–water partition coefficient (Wildman–Crippen LogP) is 7.36. The fourth-order valence-corrected chi connectivity index (χ4v) is 8.30. The fourth-order valence-electron chi connectivity index (χ4n) is 6.16. The normalized spacial score (nSPS) is 14.1. The molecule has 10 heteroatoms. The molecule has 8 nitrogen and oxygen atoms in total. The SMILES string of the molecule is COc1ccc(S(=O)(=O)N(CC(=O)N(Cc2ccc(C)cc2)[C@@H](Cc2ccccc2)C(=O)NC2CCCCC2)c2ccc(C)cc2)cc1Br. The third-order valence-electron chi connectivity index (χ3n) is 9.01. The molecule has 2 amide bonds. The van der Waals surface area contributed by atoms with Crippen molar-refractivity contribution in [3.63, 3.8) is 0 Å². The molecule has 0 unspecified atom stereocenters. The van der Waals surface area contributed by atoms with Gasteiger partial charge in [-0.3, -0.25) is 13.9 Å². The number of benzene rings is 4. The Morgan fingerprint density at radius 1 is 0.857 bits per heavy atom. The number of carbonyl (C=O) groups excluding carboxylic acids is 2. The maximum Gasteiger partial charge on any atom is 0.264 e. The summed E-state index contributed by atoms with van der Waals surface area (Å²) in [6.45, 7) is 3.52. The Labute approximate surface area is 298 Å². The van der Waals surface area contributed by atoms with E-state index in [1.807, 2.05) is 80.6 Å². The Bertz CT molecular complexity index is 1830. The van der Waals surface area contributed by atoms with Crippen LogP contribution in [-0.4, -0.2) is 50.9 Å². The average Bonchev–Trinajstić information content (AvgIpc) is 3.10. The molecule has 1 N–H and O–H groups in total. The number of carbonyl (C=O) groups is 2. The summed E-state index contributed by atoms with van der Waals surface area (Å²) in [5.41, 5.74) is 4.10. The summed E-state index contributed by atoms with van der Waals surface area (Å²) in [7, 11) is -2.74. The van der Waals surface area contributed by atoms with Gasteiger partial charge in [0.25, 0.3) is 10.0 Å². The second-order valence-electron chi connectivity index (χ2n) is 12.7. The Hall–Kier alpha value is -4.15. The van der Waals surface area contributed by atoms with Crippen LogP contribution in [0.25, 0.3) is 0 Å². The molecule has 1 aliphatic rings. The van der Waals surface area contributed by atoms with Gasteiger partial charge >= 0.3 is 0 Å². The van der Waals surface area contributed by atoms with Gasteiger partial charge in [-0.2, -0.15) is 0 Å². The van der Waals surface area contributed by atoms with Crippen LogP contribution in [0, 0.1) is 13.8 Å². The van der Waals surface area contributed by atoms with Crippen molar-refractivity contribution in [2.24, 2.45) is 0 Å². The smallest absolute Gasteiger partial charge is 0.264 e. The first kappa shape index (κ1) is 36.1. The van der Waals surface area contributed by atoms with Crippen molar-refractivity contribution < 1.29 is 22.7 Å². The summed E-state index contributed by atoms with van der Waals surface area (Å²) < 4.78 is 35.7. The standard InChI is InChI=1S/C39H44BrN3O5S/c1-28-14-18-31(19-15-28)26-42(36(24-30-10-6-4-7-11-30)39(45)41-32-12-8-5-9-13-32)38(44)27-43(33-20-16-29(2)17-21-33)49(46,47)34-22-23-37(48-3)35(40)25-34/h4,6-7,10-11,14-23,25,32,36H,5,8-9,12-13,24,26-27H2,1-3H3,(H,41,45)/t36-/m0/s1. The number of hydrogen-bond acceptors (Lipinski definition) is 5. The molecular formula is C39H44BrN3O5S. The van der Waals surface area contributed by atoms with Crippen LogP contribution >= 0.6 is 15.9 Å². The molecular weight excluding hydrogens is 702 g/mol. The Balaban J connectivity index is 1.57. The van der Waals surface area contributed by atoms with E-state index < -0.39 is 28.5 Å². The van der Waals surface area contributed by atoms with Crippen LogP contribution in [0.15, 0.2) is 106 Å². The number of anilines is 1. The zero-order valence-corrected chi connectivity index (χ0v) is 30.7. The molecule has 1 aliphatic carbocycles. The van der Waals surface area contributed by atoms with E-state index in [1.165, 1.54) is 19.2 Å². The lowest BCUT2D eigenvalue weighted by atomic mass is 9.94. The van der Waals surface area contributed by atoms with Crippen LogP contribution < -0.4 is 14.4 Å². The summed E-state index contributed by atoms with van der Waals surface area (Å²) in [6.07, 6.45) is 5.31. The number of rotatable bonds is 13. The van der Waals surface area contributed by atoms with Gasteiger partial charge in [-0.05, 0) is 84.1 Å². The number of methoxy groups -OCH3 is 1. The summed E-state index contributed by atoms with van der Waals surface area (Å²) in [4.78, 5) is 30.6. The van der Waals surface area contributed by atoms with E-state index in [-0.39, 0.29) is 29.8 Å². The van der Waals surface area contributed by atoms with Gasteiger partial charge < -0.3 is 15.0 Å². The van der Waals surface area contributed by atoms with E-state index in [0.29, 0.717) is 15.9 Å². The lowest BCUT2D eigenvalue weighted by Gasteiger charge is -2.35. The van der Waals surface area contributed by atoms with E-state index >= 15 is 0 Å². The molecule has 4 aromatic rings. The summed E-state index contributed by atoms with van der Waals surface area (Å²) in [6, 6.07) is 28.1. The van der Waals surface area contributed by atoms with Crippen molar-refractivity contribution in [1.82, 2.24) is 10.2 Å². The first-order chi connectivity index (χ1) is 23.5. The van der Waals surface area contributed by atoms with Gasteiger partial charge in [-0.1, -0.05) is 97.1 Å². The Morgan fingerprint density at radius 3 is 2.10 bits per heavy atom. The molecule has 49 heavy (non-hydrogen) atoms. The number of aryl methyl sites for hydroxylation is 2. The highest BCUT2D eigenvalue weighted by Crippen LogP contribution is 2.31. The van der Waals surface area contributed by atoms with E-state index in [1.54, 1.807) is 23.1 Å². The van der Waals surface area contributed by atoms with Crippen LogP contribution in [-0.2, 0) is 32.6 Å². The zero-order chi connectivity index (χ0) is 35.0. The number of nitrogens with zero attached hydrogens (tertiary/aromatic N) is 2. The van der Waals surface area contributed by atoms with E-state index in [9.17, 15) is 18.0 Å².